The number of pyridine rings is 2. The minimum atomic E-state index is -5.03. The van der Waals surface area contributed by atoms with Crippen molar-refractivity contribution in [2.45, 2.75) is 11.9 Å². The predicted octanol–water partition coefficient (Wildman–Crippen LogP) is 3.85. The molecule has 11 heteroatoms. The van der Waals surface area contributed by atoms with Crippen LogP contribution in [-0.4, -0.2) is 42.6 Å². The molecule has 0 spiro atoms. The van der Waals surface area contributed by atoms with Gasteiger partial charge in [0, 0.05) is 28.2 Å². The first kappa shape index (κ1) is 13.5. The third-order valence-corrected chi connectivity index (χ3v) is 5.21. The van der Waals surface area contributed by atoms with Crippen molar-refractivity contribution >= 4 is 15.8 Å². The molecule has 0 aliphatic carbocycles. The Morgan fingerprint density at radius 2 is 1.76 bits per heavy atom. The zero-order valence-corrected chi connectivity index (χ0v) is 18.4. The van der Waals surface area contributed by atoms with Crippen LogP contribution in [0.15, 0.2) is 72.0 Å². The smallest absolute Gasteiger partial charge is 0.280 e. The molecular weight excluding hydrogens is 458 g/mol. The van der Waals surface area contributed by atoms with Crippen LogP contribution < -0.4 is 18.9 Å². The molecule has 174 valence electrons. The minimum absolute atomic E-state index is 0.129. The Morgan fingerprint density at radius 1 is 1.00 bits per heavy atom. The first-order chi connectivity index (χ1) is 20.5. The number of benzene rings is 1. The maximum absolute atomic E-state index is 13.6. The van der Waals surface area contributed by atoms with Gasteiger partial charge in [0.1, 0.15) is 0 Å². The van der Waals surface area contributed by atoms with Crippen LogP contribution in [0.3, 0.4) is 0 Å². The number of nitrogens with one attached hydrogen (secondary N) is 1. The summed E-state index contributed by atoms with van der Waals surface area (Å²) < 4.78 is 125. The van der Waals surface area contributed by atoms with Crippen molar-refractivity contribution in [1.29, 1.82) is 0 Å². The van der Waals surface area contributed by atoms with Crippen molar-refractivity contribution in [3.05, 3.63) is 72.5 Å². The number of hydrogen-bond donors (Lipinski definition) is 1. The highest BCUT2D eigenvalue weighted by atomic mass is 32.2. The van der Waals surface area contributed by atoms with Gasteiger partial charge in [-0.05, 0) is 42.7 Å². The fourth-order valence-corrected chi connectivity index (χ4v) is 3.39. The average molecular weight is 490 g/mol. The van der Waals surface area contributed by atoms with Crippen LogP contribution >= 0.6 is 0 Å². The second kappa shape index (κ2) is 9.71. The Labute approximate surface area is 210 Å². The molecular formula is C23H21N5O5S. The van der Waals surface area contributed by atoms with E-state index in [4.69, 9.17) is 27.9 Å². The number of anilines is 1. The van der Waals surface area contributed by atoms with E-state index in [1.54, 1.807) is 0 Å². The summed E-state index contributed by atoms with van der Waals surface area (Å²) in [5.74, 6) is -2.87. The van der Waals surface area contributed by atoms with Crippen LogP contribution in [0.25, 0.3) is 11.4 Å². The van der Waals surface area contributed by atoms with Gasteiger partial charge in [-0.25, -0.2) is 9.97 Å². The Kier molecular flexibility index (Phi) is 3.84. The summed E-state index contributed by atoms with van der Waals surface area (Å²) >= 11 is 0. The second-order valence-corrected chi connectivity index (χ2v) is 7.79. The molecule has 1 N–H and O–H groups in total. The lowest BCUT2D eigenvalue weighted by Gasteiger charge is -2.17. The lowest BCUT2D eigenvalue weighted by Crippen LogP contribution is -2.17. The van der Waals surface area contributed by atoms with E-state index in [1.165, 1.54) is 24.5 Å². The Balaban J connectivity index is 1.98. The number of sulfonamides is 1. The molecule has 0 bridgehead atoms. The van der Waals surface area contributed by atoms with Gasteiger partial charge in [-0.2, -0.15) is 13.4 Å². The summed E-state index contributed by atoms with van der Waals surface area (Å²) in [6.45, 7) is -3.03. The zero-order valence-electron chi connectivity index (χ0n) is 27.5. The summed E-state index contributed by atoms with van der Waals surface area (Å²) in [5, 5.41) is -1.17. The number of hydrogen-bond acceptors (Lipinski definition) is 9. The van der Waals surface area contributed by atoms with Crippen molar-refractivity contribution in [2.24, 2.45) is 0 Å². The summed E-state index contributed by atoms with van der Waals surface area (Å²) in [4.78, 5) is 15.8. The fraction of sp³-hybridized carbons (Fsp3) is 0.130. The molecule has 0 amide bonds. The monoisotopic (exact) mass is 489 g/mol. The van der Waals surface area contributed by atoms with E-state index in [1.807, 2.05) is 4.72 Å². The van der Waals surface area contributed by atoms with Gasteiger partial charge >= 0.3 is 0 Å². The molecule has 0 aliphatic rings. The quantitative estimate of drug-likeness (QED) is 0.393. The van der Waals surface area contributed by atoms with Gasteiger partial charge in [0.2, 0.25) is 5.75 Å². The second-order valence-electron chi connectivity index (χ2n) is 6.19. The first-order valence-corrected chi connectivity index (χ1v) is 10.7. The lowest BCUT2D eigenvalue weighted by molar-refractivity contribution is 0.348. The van der Waals surface area contributed by atoms with E-state index in [9.17, 15) is 8.42 Å². The molecule has 0 saturated carbocycles. The van der Waals surface area contributed by atoms with Gasteiger partial charge in [0.05, 0.1) is 23.8 Å². The van der Waals surface area contributed by atoms with Gasteiger partial charge in [-0.3, -0.25) is 9.71 Å². The van der Waals surface area contributed by atoms with Crippen molar-refractivity contribution in [1.82, 2.24) is 19.9 Å². The number of ether oxygens (including phenoxy) is 3. The minimum Gasteiger partial charge on any atom is -0.493 e. The molecule has 3 heterocycles. The summed E-state index contributed by atoms with van der Waals surface area (Å²) in [5.41, 5.74) is -0.591. The standard InChI is InChI=1S/C23H21N5O5S/c1-15-8-9-19(25-14-15)34(29,30)28-22-20(33-18-7-5-4-6-17(18)31-2)23(32-3)27-21(26-22)16-10-12-24-13-11-16/h4-14H,1-3H3,(H,26,27,28)/i1D3,4D,5D,6D,7D,8D,9D,14D. The number of para-hydroxylation sites is 2. The molecule has 0 aliphatic heterocycles. The normalized spacial score (nSPS) is 15.6. The van der Waals surface area contributed by atoms with Gasteiger partial charge in [-0.1, -0.05) is 18.1 Å². The topological polar surface area (TPSA) is 125 Å². The fourth-order valence-electron chi connectivity index (χ4n) is 2.55. The van der Waals surface area contributed by atoms with E-state index < -0.39 is 98.8 Å². The van der Waals surface area contributed by atoms with Gasteiger partial charge in [0.25, 0.3) is 15.9 Å². The molecule has 10 nitrogen and oxygen atoms in total. The third kappa shape index (κ3) is 4.89. The summed E-state index contributed by atoms with van der Waals surface area (Å²) in [6.07, 6.45) is 1.74. The first-order valence-electron chi connectivity index (χ1n) is 14.2. The van der Waals surface area contributed by atoms with Crippen LogP contribution in [0.1, 0.15) is 19.3 Å². The van der Waals surface area contributed by atoms with E-state index in [0.29, 0.717) is 5.56 Å². The SMILES string of the molecule is [2H]c1nc(S(=O)(=O)Nc2nc(-c3ccncc3)nc(OC)c2Oc2c([2H])c([2H])c([2H])c([2H])c2OC)c([2H])c([2H])c1C([2H])([2H])[2H]. The van der Waals surface area contributed by atoms with Crippen LogP contribution in [0.5, 0.6) is 23.1 Å². The average Bonchev–Trinajstić information content (AvgIpc) is 2.96. The van der Waals surface area contributed by atoms with Gasteiger partial charge in [0.15, 0.2) is 28.2 Å². The van der Waals surface area contributed by atoms with E-state index in [0.717, 1.165) is 14.2 Å². The van der Waals surface area contributed by atoms with Gasteiger partial charge < -0.3 is 14.2 Å². The summed E-state index contributed by atoms with van der Waals surface area (Å²) in [7, 11) is -2.76. The van der Waals surface area contributed by atoms with Crippen LogP contribution in [0, 0.1) is 6.85 Å². The third-order valence-electron chi connectivity index (χ3n) is 4.04. The largest absolute Gasteiger partial charge is 0.493 e. The molecule has 0 atom stereocenters. The molecule has 0 unspecified atom stereocenters. The molecule has 4 aromatic rings. The van der Waals surface area contributed by atoms with Crippen molar-refractivity contribution in [3.63, 3.8) is 0 Å². The Hall–Kier alpha value is -4.25. The number of nitrogens with zero attached hydrogens (tertiary/aromatic N) is 4. The lowest BCUT2D eigenvalue weighted by atomic mass is 10.2. The maximum Gasteiger partial charge on any atom is 0.280 e. The highest BCUT2D eigenvalue weighted by Crippen LogP contribution is 2.41. The van der Waals surface area contributed by atoms with Crippen LogP contribution in [-0.2, 0) is 10.0 Å². The molecule has 0 fully saturated rings. The number of rotatable bonds is 8. The zero-order chi connectivity index (χ0) is 32.7. The molecule has 4 rings (SSSR count). The van der Waals surface area contributed by atoms with Crippen LogP contribution in [0.4, 0.5) is 5.82 Å². The van der Waals surface area contributed by atoms with Gasteiger partial charge in [-0.15, -0.1) is 0 Å². The Morgan fingerprint density at radius 3 is 2.47 bits per heavy atom. The predicted molar refractivity (Wildman–Crippen MR) is 125 cm³/mol. The van der Waals surface area contributed by atoms with Crippen molar-refractivity contribution in [3.8, 4) is 34.5 Å². The number of methoxy groups -OCH3 is 2. The molecule has 1 aromatic carbocycles. The van der Waals surface area contributed by atoms with E-state index >= 15 is 0 Å². The highest BCUT2D eigenvalue weighted by molar-refractivity contribution is 7.92. The van der Waals surface area contributed by atoms with Crippen molar-refractivity contribution in [2.75, 3.05) is 18.9 Å². The molecule has 0 saturated heterocycles. The molecule has 0 radical (unpaired) electrons. The number of aromatic nitrogens is 4. The van der Waals surface area contributed by atoms with E-state index in [-0.39, 0.29) is 5.82 Å². The maximum atomic E-state index is 13.6. The molecule has 3 aromatic heterocycles. The summed E-state index contributed by atoms with van der Waals surface area (Å²) in [6, 6.07) is -1.85. The Bertz CT molecular complexity index is 1880. The highest BCUT2D eigenvalue weighted by Gasteiger charge is 2.25. The molecule has 34 heavy (non-hydrogen) atoms. The van der Waals surface area contributed by atoms with Crippen LogP contribution in [0.2, 0.25) is 0 Å². The van der Waals surface area contributed by atoms with Crippen molar-refractivity contribution < 1.29 is 36.3 Å². The van der Waals surface area contributed by atoms with E-state index in [2.05, 4.69) is 19.9 Å².